The van der Waals surface area contributed by atoms with Gasteiger partial charge < -0.3 is 11.1 Å². The maximum atomic E-state index is 11.5. The normalized spacial score (nSPS) is 9.67. The third-order valence-corrected chi connectivity index (χ3v) is 1.82. The molecule has 15 heavy (non-hydrogen) atoms. The molecule has 2 amide bonds. The standard InChI is InChI=1S/C10H13N3O2/c1-2-5-13-10(15)8-7(9(11)14)4-3-6-12-8/h3-4,6H,2,5H2,1H3,(H2,11,14)(H,13,15). The van der Waals surface area contributed by atoms with Gasteiger partial charge in [0.2, 0.25) is 0 Å². The number of amides is 2. The van der Waals surface area contributed by atoms with Crippen molar-refractivity contribution < 1.29 is 9.59 Å². The molecule has 0 fully saturated rings. The summed E-state index contributed by atoms with van der Waals surface area (Å²) in [4.78, 5) is 26.4. The molecule has 0 unspecified atom stereocenters. The minimum absolute atomic E-state index is 0.0819. The lowest BCUT2D eigenvalue weighted by atomic mass is 10.1. The zero-order valence-electron chi connectivity index (χ0n) is 8.49. The van der Waals surface area contributed by atoms with Crippen LogP contribution < -0.4 is 11.1 Å². The van der Waals surface area contributed by atoms with Crippen LogP contribution in [0.25, 0.3) is 0 Å². The Morgan fingerprint density at radius 3 is 2.87 bits per heavy atom. The molecule has 0 aliphatic heterocycles. The van der Waals surface area contributed by atoms with E-state index in [9.17, 15) is 9.59 Å². The van der Waals surface area contributed by atoms with E-state index in [1.165, 1.54) is 12.3 Å². The van der Waals surface area contributed by atoms with Crippen LogP contribution in [0.1, 0.15) is 34.2 Å². The van der Waals surface area contributed by atoms with Gasteiger partial charge in [-0.05, 0) is 18.6 Å². The van der Waals surface area contributed by atoms with Gasteiger partial charge in [0.05, 0.1) is 5.56 Å². The first-order valence-electron chi connectivity index (χ1n) is 4.69. The van der Waals surface area contributed by atoms with Crippen molar-refractivity contribution in [3.63, 3.8) is 0 Å². The second-order valence-corrected chi connectivity index (χ2v) is 3.02. The number of pyridine rings is 1. The molecule has 5 heteroatoms. The summed E-state index contributed by atoms with van der Waals surface area (Å²) in [7, 11) is 0. The highest BCUT2D eigenvalue weighted by Gasteiger charge is 2.15. The molecule has 0 aliphatic rings. The number of hydrogen-bond donors (Lipinski definition) is 2. The largest absolute Gasteiger partial charge is 0.366 e. The van der Waals surface area contributed by atoms with Crippen molar-refractivity contribution in [1.82, 2.24) is 10.3 Å². The second-order valence-electron chi connectivity index (χ2n) is 3.02. The van der Waals surface area contributed by atoms with Gasteiger partial charge in [0, 0.05) is 12.7 Å². The Labute approximate surface area is 87.7 Å². The Kier molecular flexibility index (Phi) is 3.79. The molecule has 1 aromatic rings. The highest BCUT2D eigenvalue weighted by Crippen LogP contribution is 2.03. The van der Waals surface area contributed by atoms with Crippen LogP contribution in [0.5, 0.6) is 0 Å². The molecule has 5 nitrogen and oxygen atoms in total. The molecule has 0 aromatic carbocycles. The summed E-state index contributed by atoms with van der Waals surface area (Å²) in [6.45, 7) is 2.49. The predicted octanol–water partition coefficient (Wildman–Crippen LogP) is 0.320. The van der Waals surface area contributed by atoms with E-state index in [2.05, 4.69) is 10.3 Å². The van der Waals surface area contributed by atoms with Gasteiger partial charge in [-0.1, -0.05) is 6.92 Å². The van der Waals surface area contributed by atoms with Gasteiger partial charge >= 0.3 is 0 Å². The van der Waals surface area contributed by atoms with Crippen molar-refractivity contribution in [1.29, 1.82) is 0 Å². The van der Waals surface area contributed by atoms with Crippen molar-refractivity contribution in [2.45, 2.75) is 13.3 Å². The van der Waals surface area contributed by atoms with E-state index in [1.807, 2.05) is 6.92 Å². The molecule has 0 aliphatic carbocycles. The van der Waals surface area contributed by atoms with Crippen molar-refractivity contribution in [3.05, 3.63) is 29.6 Å². The van der Waals surface area contributed by atoms with E-state index in [-0.39, 0.29) is 17.2 Å². The molecule has 1 aromatic heterocycles. The van der Waals surface area contributed by atoms with Crippen molar-refractivity contribution in [3.8, 4) is 0 Å². The van der Waals surface area contributed by atoms with Gasteiger partial charge in [-0.25, -0.2) is 0 Å². The SMILES string of the molecule is CCCNC(=O)c1ncccc1C(N)=O. The Hall–Kier alpha value is -1.91. The number of nitrogens with zero attached hydrogens (tertiary/aromatic N) is 1. The van der Waals surface area contributed by atoms with Crippen LogP contribution in [0.15, 0.2) is 18.3 Å². The monoisotopic (exact) mass is 207 g/mol. The highest BCUT2D eigenvalue weighted by molar-refractivity contribution is 6.05. The molecular weight excluding hydrogens is 194 g/mol. The summed E-state index contributed by atoms with van der Waals surface area (Å²) < 4.78 is 0. The molecule has 0 radical (unpaired) electrons. The van der Waals surface area contributed by atoms with Crippen molar-refractivity contribution in [2.24, 2.45) is 5.73 Å². The maximum Gasteiger partial charge on any atom is 0.270 e. The van der Waals surface area contributed by atoms with E-state index in [4.69, 9.17) is 5.73 Å². The molecule has 0 saturated heterocycles. The number of nitrogens with one attached hydrogen (secondary N) is 1. The third kappa shape index (κ3) is 2.77. The average Bonchev–Trinajstić information content (AvgIpc) is 2.25. The zero-order chi connectivity index (χ0) is 11.3. The first kappa shape index (κ1) is 11.2. The van der Waals surface area contributed by atoms with Crippen LogP contribution in [-0.4, -0.2) is 23.3 Å². The minimum Gasteiger partial charge on any atom is -0.366 e. The van der Waals surface area contributed by atoms with Gasteiger partial charge in [0.25, 0.3) is 11.8 Å². The van der Waals surface area contributed by atoms with Crippen molar-refractivity contribution >= 4 is 11.8 Å². The number of aromatic nitrogens is 1. The lowest BCUT2D eigenvalue weighted by molar-refractivity contribution is 0.0931. The van der Waals surface area contributed by atoms with Crippen LogP contribution in [-0.2, 0) is 0 Å². The fraction of sp³-hybridized carbons (Fsp3) is 0.300. The van der Waals surface area contributed by atoms with Crippen LogP contribution in [0.4, 0.5) is 0 Å². The first-order valence-corrected chi connectivity index (χ1v) is 4.69. The molecular formula is C10H13N3O2. The van der Waals surface area contributed by atoms with Crippen LogP contribution >= 0.6 is 0 Å². The van der Waals surface area contributed by atoms with Gasteiger partial charge in [-0.3, -0.25) is 14.6 Å². The molecule has 1 rings (SSSR count). The van der Waals surface area contributed by atoms with Gasteiger partial charge in [0.1, 0.15) is 5.69 Å². The Balaban J connectivity index is 2.92. The van der Waals surface area contributed by atoms with E-state index < -0.39 is 5.91 Å². The van der Waals surface area contributed by atoms with Crippen LogP contribution in [0.2, 0.25) is 0 Å². The molecule has 0 atom stereocenters. The molecule has 1 heterocycles. The Bertz CT molecular complexity index is 377. The fourth-order valence-corrected chi connectivity index (χ4v) is 1.11. The molecule has 0 spiro atoms. The fourth-order valence-electron chi connectivity index (χ4n) is 1.11. The average molecular weight is 207 g/mol. The summed E-state index contributed by atoms with van der Waals surface area (Å²) in [5.41, 5.74) is 5.35. The van der Waals surface area contributed by atoms with E-state index >= 15 is 0 Å². The smallest absolute Gasteiger partial charge is 0.270 e. The van der Waals surface area contributed by atoms with E-state index in [0.717, 1.165) is 6.42 Å². The van der Waals surface area contributed by atoms with Gasteiger partial charge in [0.15, 0.2) is 0 Å². The number of hydrogen-bond acceptors (Lipinski definition) is 3. The number of carbonyl (C=O) groups is 2. The predicted molar refractivity (Wildman–Crippen MR) is 55.4 cm³/mol. The van der Waals surface area contributed by atoms with Crippen LogP contribution in [0.3, 0.4) is 0 Å². The first-order chi connectivity index (χ1) is 7.16. The lowest BCUT2D eigenvalue weighted by Crippen LogP contribution is -2.28. The van der Waals surface area contributed by atoms with Crippen molar-refractivity contribution in [2.75, 3.05) is 6.54 Å². The number of nitrogens with two attached hydrogens (primary N) is 1. The Morgan fingerprint density at radius 1 is 1.53 bits per heavy atom. The number of rotatable bonds is 4. The number of primary amides is 1. The summed E-state index contributed by atoms with van der Waals surface area (Å²) in [6, 6.07) is 3.05. The number of carbonyl (C=O) groups excluding carboxylic acids is 2. The van der Waals surface area contributed by atoms with Gasteiger partial charge in [-0.2, -0.15) is 0 Å². The zero-order valence-corrected chi connectivity index (χ0v) is 8.49. The highest BCUT2D eigenvalue weighted by atomic mass is 16.2. The van der Waals surface area contributed by atoms with E-state index in [0.29, 0.717) is 6.54 Å². The maximum absolute atomic E-state index is 11.5. The third-order valence-electron chi connectivity index (χ3n) is 1.82. The van der Waals surface area contributed by atoms with E-state index in [1.54, 1.807) is 6.07 Å². The lowest BCUT2D eigenvalue weighted by Gasteiger charge is -2.05. The second kappa shape index (κ2) is 5.09. The Morgan fingerprint density at radius 2 is 2.27 bits per heavy atom. The molecule has 3 N–H and O–H groups in total. The molecule has 80 valence electrons. The summed E-state index contributed by atoms with van der Waals surface area (Å²) in [5.74, 6) is -1.02. The summed E-state index contributed by atoms with van der Waals surface area (Å²) in [6.07, 6.45) is 2.28. The van der Waals surface area contributed by atoms with Gasteiger partial charge in [-0.15, -0.1) is 0 Å². The van der Waals surface area contributed by atoms with Crippen LogP contribution in [0, 0.1) is 0 Å². The quantitative estimate of drug-likeness (QED) is 0.745. The molecule has 0 saturated carbocycles. The summed E-state index contributed by atoms with van der Waals surface area (Å²) >= 11 is 0. The summed E-state index contributed by atoms with van der Waals surface area (Å²) in [5, 5.41) is 2.63. The minimum atomic E-state index is -0.648. The molecule has 0 bridgehead atoms. The topological polar surface area (TPSA) is 85.1 Å².